The Hall–Kier alpha value is -2.13. The molecule has 102 valence electrons. The zero-order valence-electron chi connectivity index (χ0n) is 11.1. The lowest BCUT2D eigenvalue weighted by Gasteiger charge is -2.20. The largest absolute Gasteiger partial charge is 0.378 e. The SMILES string of the molecule is O=C(NC1(c2ccccc2)CC1)[C@@H](O)c1ccccc1. The lowest BCUT2D eigenvalue weighted by atomic mass is 10.0. The highest BCUT2D eigenvalue weighted by atomic mass is 16.3. The van der Waals surface area contributed by atoms with Gasteiger partial charge in [0.25, 0.3) is 5.91 Å². The van der Waals surface area contributed by atoms with Crippen LogP contribution in [0, 0.1) is 0 Å². The Morgan fingerprint density at radius 1 is 1.00 bits per heavy atom. The van der Waals surface area contributed by atoms with E-state index in [0.29, 0.717) is 5.56 Å². The van der Waals surface area contributed by atoms with Gasteiger partial charge in [-0.1, -0.05) is 60.7 Å². The van der Waals surface area contributed by atoms with E-state index in [0.717, 1.165) is 18.4 Å². The lowest BCUT2D eigenvalue weighted by molar-refractivity contribution is -0.130. The second kappa shape index (κ2) is 5.10. The Kier molecular flexibility index (Phi) is 3.28. The van der Waals surface area contributed by atoms with E-state index in [4.69, 9.17) is 0 Å². The van der Waals surface area contributed by atoms with Gasteiger partial charge in [0.15, 0.2) is 6.10 Å². The van der Waals surface area contributed by atoms with Gasteiger partial charge in [-0.3, -0.25) is 4.79 Å². The van der Waals surface area contributed by atoms with Crippen molar-refractivity contribution in [3.63, 3.8) is 0 Å². The van der Waals surface area contributed by atoms with Crippen LogP contribution in [0.1, 0.15) is 30.1 Å². The number of rotatable bonds is 4. The van der Waals surface area contributed by atoms with Crippen LogP contribution in [0.15, 0.2) is 60.7 Å². The van der Waals surface area contributed by atoms with Crippen LogP contribution < -0.4 is 5.32 Å². The summed E-state index contributed by atoms with van der Waals surface area (Å²) in [5.74, 6) is -0.336. The third-order valence-electron chi connectivity index (χ3n) is 3.80. The maximum Gasteiger partial charge on any atom is 0.254 e. The van der Waals surface area contributed by atoms with Crippen molar-refractivity contribution < 1.29 is 9.90 Å². The van der Waals surface area contributed by atoms with E-state index in [1.54, 1.807) is 12.1 Å². The molecular weight excluding hydrogens is 250 g/mol. The molecule has 0 bridgehead atoms. The minimum absolute atomic E-state index is 0.284. The first-order valence-electron chi connectivity index (χ1n) is 6.82. The van der Waals surface area contributed by atoms with Gasteiger partial charge in [0.1, 0.15) is 0 Å². The van der Waals surface area contributed by atoms with Crippen LogP contribution in [0.2, 0.25) is 0 Å². The smallest absolute Gasteiger partial charge is 0.254 e. The highest BCUT2D eigenvalue weighted by molar-refractivity contribution is 5.83. The Morgan fingerprint density at radius 2 is 1.55 bits per heavy atom. The minimum Gasteiger partial charge on any atom is -0.378 e. The summed E-state index contributed by atoms with van der Waals surface area (Å²) >= 11 is 0. The van der Waals surface area contributed by atoms with Crippen molar-refractivity contribution in [2.24, 2.45) is 0 Å². The Balaban J connectivity index is 1.74. The topological polar surface area (TPSA) is 49.3 Å². The first-order valence-corrected chi connectivity index (χ1v) is 6.82. The van der Waals surface area contributed by atoms with Crippen molar-refractivity contribution >= 4 is 5.91 Å². The molecule has 3 nitrogen and oxygen atoms in total. The van der Waals surface area contributed by atoms with Crippen molar-refractivity contribution in [3.8, 4) is 0 Å². The van der Waals surface area contributed by atoms with Crippen LogP contribution >= 0.6 is 0 Å². The normalized spacial score (nSPS) is 17.2. The van der Waals surface area contributed by atoms with Crippen molar-refractivity contribution in [2.45, 2.75) is 24.5 Å². The van der Waals surface area contributed by atoms with Gasteiger partial charge in [-0.2, -0.15) is 0 Å². The maximum atomic E-state index is 12.2. The number of aliphatic hydroxyl groups excluding tert-OH is 1. The predicted molar refractivity (Wildman–Crippen MR) is 76.9 cm³/mol. The summed E-state index contributed by atoms with van der Waals surface area (Å²) in [6.07, 6.45) is 0.728. The number of benzene rings is 2. The molecule has 1 amide bonds. The molecule has 2 N–H and O–H groups in total. The number of aliphatic hydroxyl groups is 1. The van der Waals surface area contributed by atoms with Gasteiger partial charge < -0.3 is 10.4 Å². The summed E-state index contributed by atoms with van der Waals surface area (Å²) in [5.41, 5.74) is 1.44. The second-order valence-electron chi connectivity index (χ2n) is 5.25. The van der Waals surface area contributed by atoms with Gasteiger partial charge in [-0.15, -0.1) is 0 Å². The van der Waals surface area contributed by atoms with Gasteiger partial charge >= 0.3 is 0 Å². The van der Waals surface area contributed by atoms with Crippen molar-refractivity contribution in [2.75, 3.05) is 0 Å². The monoisotopic (exact) mass is 267 g/mol. The molecule has 2 aromatic carbocycles. The van der Waals surface area contributed by atoms with E-state index in [1.807, 2.05) is 48.5 Å². The fourth-order valence-corrected chi connectivity index (χ4v) is 2.46. The summed E-state index contributed by atoms with van der Waals surface area (Å²) < 4.78 is 0. The summed E-state index contributed by atoms with van der Waals surface area (Å²) in [7, 11) is 0. The number of hydrogen-bond donors (Lipinski definition) is 2. The highest BCUT2D eigenvalue weighted by Gasteiger charge is 2.46. The van der Waals surface area contributed by atoms with Crippen molar-refractivity contribution in [1.29, 1.82) is 0 Å². The molecule has 1 fully saturated rings. The second-order valence-corrected chi connectivity index (χ2v) is 5.25. The van der Waals surface area contributed by atoms with E-state index in [9.17, 15) is 9.90 Å². The van der Waals surface area contributed by atoms with Gasteiger partial charge in [0.2, 0.25) is 0 Å². The molecule has 1 aliphatic rings. The molecule has 0 saturated heterocycles. The molecular formula is C17H17NO2. The fraction of sp³-hybridized carbons (Fsp3) is 0.235. The summed E-state index contributed by atoms with van der Waals surface area (Å²) in [6.45, 7) is 0. The Morgan fingerprint density at radius 3 is 2.10 bits per heavy atom. The quantitative estimate of drug-likeness (QED) is 0.894. The lowest BCUT2D eigenvalue weighted by Crippen LogP contribution is -2.38. The van der Waals surface area contributed by atoms with E-state index in [2.05, 4.69) is 5.32 Å². The molecule has 1 aliphatic carbocycles. The van der Waals surface area contributed by atoms with Crippen LogP contribution in [-0.4, -0.2) is 11.0 Å². The van der Waals surface area contributed by atoms with Crippen molar-refractivity contribution in [3.05, 3.63) is 71.8 Å². The number of nitrogens with one attached hydrogen (secondary N) is 1. The van der Waals surface area contributed by atoms with Gasteiger partial charge in [-0.05, 0) is 24.0 Å². The molecule has 0 aromatic heterocycles. The van der Waals surface area contributed by atoms with Crippen molar-refractivity contribution in [1.82, 2.24) is 5.32 Å². The standard InChI is InChI=1S/C17H17NO2/c19-15(13-7-3-1-4-8-13)16(20)18-17(11-12-17)14-9-5-2-6-10-14/h1-10,15,19H,11-12H2,(H,18,20)/t15-/m0/s1. The molecule has 3 heteroatoms. The van der Waals surface area contributed by atoms with E-state index >= 15 is 0 Å². The number of hydrogen-bond acceptors (Lipinski definition) is 2. The molecule has 0 radical (unpaired) electrons. The molecule has 3 rings (SSSR count). The summed E-state index contributed by atoms with van der Waals surface area (Å²) in [6, 6.07) is 18.9. The molecule has 0 heterocycles. The third-order valence-corrected chi connectivity index (χ3v) is 3.80. The van der Waals surface area contributed by atoms with Crippen LogP contribution in [0.25, 0.3) is 0 Å². The number of carbonyl (C=O) groups is 1. The maximum absolute atomic E-state index is 12.2. The third kappa shape index (κ3) is 2.45. The molecule has 0 aliphatic heterocycles. The van der Waals surface area contributed by atoms with Gasteiger partial charge in [0.05, 0.1) is 5.54 Å². The van der Waals surface area contributed by atoms with Gasteiger partial charge in [-0.25, -0.2) is 0 Å². The number of carbonyl (C=O) groups excluding carboxylic acids is 1. The van der Waals surface area contributed by atoms with Crippen LogP contribution in [-0.2, 0) is 10.3 Å². The molecule has 0 spiro atoms. The molecule has 2 aromatic rings. The number of amides is 1. The van der Waals surface area contributed by atoms with Gasteiger partial charge in [0, 0.05) is 0 Å². The summed E-state index contributed by atoms with van der Waals surface area (Å²) in [5, 5.41) is 13.1. The first-order chi connectivity index (χ1) is 9.71. The highest BCUT2D eigenvalue weighted by Crippen LogP contribution is 2.45. The Bertz CT molecular complexity index is 591. The van der Waals surface area contributed by atoms with E-state index < -0.39 is 6.10 Å². The van der Waals surface area contributed by atoms with Crippen LogP contribution in [0.3, 0.4) is 0 Å². The van der Waals surface area contributed by atoms with Crippen LogP contribution in [0.4, 0.5) is 0 Å². The zero-order chi connectivity index (χ0) is 14.0. The fourth-order valence-electron chi connectivity index (χ4n) is 2.46. The minimum atomic E-state index is -1.11. The predicted octanol–water partition coefficient (Wildman–Crippen LogP) is 2.53. The average Bonchev–Trinajstić information content (AvgIpc) is 3.29. The van der Waals surface area contributed by atoms with E-state index in [-0.39, 0.29) is 11.4 Å². The zero-order valence-corrected chi connectivity index (χ0v) is 11.1. The summed E-state index contributed by atoms with van der Waals surface area (Å²) in [4.78, 5) is 12.2. The first kappa shape index (κ1) is 12.9. The average molecular weight is 267 g/mol. The molecule has 20 heavy (non-hydrogen) atoms. The Labute approximate surface area is 118 Å². The molecule has 1 atom stereocenters. The van der Waals surface area contributed by atoms with Crippen LogP contribution in [0.5, 0.6) is 0 Å². The molecule has 1 saturated carbocycles. The van der Waals surface area contributed by atoms with E-state index in [1.165, 1.54) is 0 Å². The molecule has 0 unspecified atom stereocenters.